The fourth-order valence-electron chi connectivity index (χ4n) is 1.60. The Kier molecular flexibility index (Phi) is 3.23. The van der Waals surface area contributed by atoms with E-state index in [0.717, 1.165) is 16.1 Å². The Bertz CT molecular complexity index is 309. The van der Waals surface area contributed by atoms with Crippen molar-refractivity contribution in [2.24, 2.45) is 11.7 Å². The molecule has 0 aliphatic heterocycles. The molecule has 0 amide bonds. The Morgan fingerprint density at radius 3 is 2.36 bits per heavy atom. The predicted molar refractivity (Wildman–Crippen MR) is 62.6 cm³/mol. The summed E-state index contributed by atoms with van der Waals surface area (Å²) in [5.41, 5.74) is 8.17. The minimum atomic E-state index is -0.359. The van der Waals surface area contributed by atoms with Crippen molar-refractivity contribution in [3.63, 3.8) is 0 Å². The van der Waals surface area contributed by atoms with Gasteiger partial charge < -0.3 is 5.73 Å². The lowest BCUT2D eigenvalue weighted by Crippen LogP contribution is -2.39. The van der Waals surface area contributed by atoms with E-state index in [-0.39, 0.29) is 5.54 Å². The van der Waals surface area contributed by atoms with Gasteiger partial charge in [0.25, 0.3) is 0 Å². The highest BCUT2D eigenvalue weighted by Gasteiger charge is 2.28. The van der Waals surface area contributed by atoms with Crippen LogP contribution in [-0.4, -0.2) is 0 Å². The Labute approximate surface area is 91.3 Å². The first-order valence-corrected chi connectivity index (χ1v) is 5.29. The molecule has 0 aliphatic rings. The maximum Gasteiger partial charge on any atom is 0.0459 e. The van der Waals surface area contributed by atoms with E-state index in [1.165, 1.54) is 0 Å². The third kappa shape index (κ3) is 1.94. The van der Waals surface area contributed by atoms with Gasteiger partial charge in [0.15, 0.2) is 0 Å². The van der Waals surface area contributed by atoms with E-state index < -0.39 is 0 Å². The lowest BCUT2D eigenvalue weighted by molar-refractivity contribution is 0.349. The first-order valence-electron chi connectivity index (χ1n) is 4.92. The minimum Gasteiger partial charge on any atom is -0.321 e. The first-order chi connectivity index (χ1) is 6.37. The quantitative estimate of drug-likeness (QED) is 0.797. The highest BCUT2D eigenvalue weighted by Crippen LogP contribution is 2.33. The first kappa shape index (κ1) is 11.5. The van der Waals surface area contributed by atoms with Crippen LogP contribution in [0.15, 0.2) is 18.2 Å². The molecule has 1 aromatic carbocycles. The maximum atomic E-state index is 6.30. The summed E-state index contributed by atoms with van der Waals surface area (Å²) in [6.07, 6.45) is 0. The molecule has 0 heterocycles. The van der Waals surface area contributed by atoms with E-state index in [0.29, 0.717) is 5.92 Å². The molecule has 1 nitrogen and oxygen atoms in total. The van der Waals surface area contributed by atoms with Gasteiger partial charge in [-0.1, -0.05) is 37.6 Å². The normalized spacial score (nSPS) is 15.6. The summed E-state index contributed by atoms with van der Waals surface area (Å²) in [4.78, 5) is 0. The zero-order chi connectivity index (χ0) is 10.9. The third-order valence-electron chi connectivity index (χ3n) is 2.96. The maximum absolute atomic E-state index is 6.30. The van der Waals surface area contributed by atoms with E-state index in [1.54, 1.807) is 0 Å². The van der Waals surface area contributed by atoms with Crippen LogP contribution in [0.2, 0.25) is 5.02 Å². The van der Waals surface area contributed by atoms with Crippen LogP contribution in [-0.2, 0) is 5.54 Å². The van der Waals surface area contributed by atoms with Gasteiger partial charge in [-0.25, -0.2) is 0 Å². The van der Waals surface area contributed by atoms with Crippen LogP contribution in [0.25, 0.3) is 0 Å². The Morgan fingerprint density at radius 2 is 1.93 bits per heavy atom. The lowest BCUT2D eigenvalue weighted by Gasteiger charge is -2.32. The van der Waals surface area contributed by atoms with Crippen LogP contribution in [0.4, 0.5) is 0 Å². The Hall–Kier alpha value is -0.530. The SMILES string of the molecule is Cc1cccc(Cl)c1C(C)(N)C(C)C. The number of nitrogens with two attached hydrogens (primary N) is 1. The second kappa shape index (κ2) is 3.92. The summed E-state index contributed by atoms with van der Waals surface area (Å²) >= 11 is 6.18. The van der Waals surface area contributed by atoms with E-state index in [4.69, 9.17) is 17.3 Å². The summed E-state index contributed by atoms with van der Waals surface area (Å²) in [6, 6.07) is 5.91. The molecule has 0 fully saturated rings. The van der Waals surface area contributed by atoms with Gasteiger partial charge in [-0.15, -0.1) is 0 Å². The summed E-state index contributed by atoms with van der Waals surface area (Å²) in [7, 11) is 0. The van der Waals surface area contributed by atoms with Crippen molar-refractivity contribution in [3.8, 4) is 0 Å². The molecule has 2 N–H and O–H groups in total. The van der Waals surface area contributed by atoms with Crippen LogP contribution < -0.4 is 5.73 Å². The zero-order valence-electron chi connectivity index (χ0n) is 9.26. The summed E-state index contributed by atoms with van der Waals surface area (Å²) in [5, 5.41) is 0.767. The fraction of sp³-hybridized carbons (Fsp3) is 0.500. The molecule has 0 saturated heterocycles. The van der Waals surface area contributed by atoms with Crippen LogP contribution in [0.5, 0.6) is 0 Å². The molecule has 2 heteroatoms. The molecule has 1 aromatic rings. The molecule has 0 saturated carbocycles. The molecule has 14 heavy (non-hydrogen) atoms. The van der Waals surface area contributed by atoms with Crippen molar-refractivity contribution < 1.29 is 0 Å². The van der Waals surface area contributed by atoms with E-state index >= 15 is 0 Å². The molecular weight excluding hydrogens is 194 g/mol. The van der Waals surface area contributed by atoms with Crippen molar-refractivity contribution in [2.45, 2.75) is 33.2 Å². The number of benzene rings is 1. The largest absolute Gasteiger partial charge is 0.321 e. The van der Waals surface area contributed by atoms with E-state index in [9.17, 15) is 0 Å². The van der Waals surface area contributed by atoms with Crippen LogP contribution >= 0.6 is 11.6 Å². The Balaban J connectivity index is 3.31. The minimum absolute atomic E-state index is 0.359. The van der Waals surface area contributed by atoms with Crippen molar-refractivity contribution in [1.29, 1.82) is 0 Å². The fourth-order valence-corrected chi connectivity index (χ4v) is 2.03. The highest BCUT2D eigenvalue weighted by molar-refractivity contribution is 6.31. The van der Waals surface area contributed by atoms with Gasteiger partial charge in [-0.05, 0) is 37.0 Å². The van der Waals surface area contributed by atoms with E-state index in [2.05, 4.69) is 26.8 Å². The van der Waals surface area contributed by atoms with Gasteiger partial charge in [-0.2, -0.15) is 0 Å². The van der Waals surface area contributed by atoms with Gasteiger partial charge in [0.2, 0.25) is 0 Å². The predicted octanol–water partition coefficient (Wildman–Crippen LogP) is 3.48. The third-order valence-corrected chi connectivity index (χ3v) is 3.27. The van der Waals surface area contributed by atoms with Crippen molar-refractivity contribution in [2.75, 3.05) is 0 Å². The highest BCUT2D eigenvalue weighted by atomic mass is 35.5. The molecule has 0 radical (unpaired) electrons. The van der Waals surface area contributed by atoms with Crippen LogP contribution in [0, 0.1) is 12.8 Å². The molecular formula is C12H18ClN. The van der Waals surface area contributed by atoms with Crippen molar-refractivity contribution in [3.05, 3.63) is 34.3 Å². The summed E-state index contributed by atoms with van der Waals surface area (Å²) in [6.45, 7) is 8.31. The molecule has 0 aliphatic carbocycles. The van der Waals surface area contributed by atoms with Gasteiger partial charge in [0, 0.05) is 10.6 Å². The topological polar surface area (TPSA) is 26.0 Å². The molecule has 78 valence electrons. The lowest BCUT2D eigenvalue weighted by atomic mass is 9.80. The standard InChI is InChI=1S/C12H18ClN/c1-8(2)12(4,14)11-9(3)6-5-7-10(11)13/h5-8H,14H2,1-4H3. The second-order valence-electron chi connectivity index (χ2n) is 4.37. The smallest absolute Gasteiger partial charge is 0.0459 e. The van der Waals surface area contributed by atoms with Crippen molar-refractivity contribution >= 4 is 11.6 Å². The molecule has 1 unspecified atom stereocenters. The average molecular weight is 212 g/mol. The van der Waals surface area contributed by atoms with Crippen LogP contribution in [0.1, 0.15) is 31.9 Å². The average Bonchev–Trinajstić information content (AvgIpc) is 2.02. The second-order valence-corrected chi connectivity index (χ2v) is 4.78. The summed E-state index contributed by atoms with van der Waals surface area (Å²) < 4.78 is 0. The molecule has 0 aromatic heterocycles. The summed E-state index contributed by atoms with van der Waals surface area (Å²) in [5.74, 6) is 0.362. The van der Waals surface area contributed by atoms with Gasteiger partial charge in [0.05, 0.1) is 0 Å². The van der Waals surface area contributed by atoms with Gasteiger partial charge >= 0.3 is 0 Å². The van der Waals surface area contributed by atoms with Crippen LogP contribution in [0.3, 0.4) is 0 Å². The van der Waals surface area contributed by atoms with Gasteiger partial charge in [0.1, 0.15) is 0 Å². The zero-order valence-corrected chi connectivity index (χ0v) is 10.0. The molecule has 1 rings (SSSR count). The molecule has 0 bridgehead atoms. The number of rotatable bonds is 2. The molecule has 0 spiro atoms. The molecule has 1 atom stereocenters. The Morgan fingerprint density at radius 1 is 1.36 bits per heavy atom. The number of halogens is 1. The number of hydrogen-bond donors (Lipinski definition) is 1. The number of aryl methyl sites for hydroxylation is 1. The van der Waals surface area contributed by atoms with Crippen molar-refractivity contribution in [1.82, 2.24) is 0 Å². The monoisotopic (exact) mass is 211 g/mol. The number of hydrogen-bond acceptors (Lipinski definition) is 1. The van der Waals surface area contributed by atoms with Gasteiger partial charge in [-0.3, -0.25) is 0 Å². The van der Waals surface area contributed by atoms with E-state index in [1.807, 2.05) is 19.1 Å².